The second-order valence-corrected chi connectivity index (χ2v) is 5.89. The van der Waals surface area contributed by atoms with Crippen molar-refractivity contribution in [2.45, 2.75) is 6.92 Å². The van der Waals surface area contributed by atoms with Gasteiger partial charge in [-0.25, -0.2) is 0 Å². The lowest BCUT2D eigenvalue weighted by Gasteiger charge is -2.07. The van der Waals surface area contributed by atoms with Gasteiger partial charge < -0.3 is 19.2 Å². The maximum Gasteiger partial charge on any atom is 0.301 e. The first-order chi connectivity index (χ1) is 13.6. The van der Waals surface area contributed by atoms with Crippen LogP contribution in [-0.4, -0.2) is 31.2 Å². The third-order valence-corrected chi connectivity index (χ3v) is 3.95. The molecule has 1 heterocycles. The van der Waals surface area contributed by atoms with Crippen LogP contribution in [0, 0.1) is 11.3 Å². The van der Waals surface area contributed by atoms with Crippen LogP contribution in [0.25, 0.3) is 22.6 Å². The molecule has 0 fully saturated rings. The molecule has 142 valence electrons. The van der Waals surface area contributed by atoms with Gasteiger partial charge in [0.2, 0.25) is 5.91 Å². The van der Waals surface area contributed by atoms with Crippen molar-refractivity contribution < 1.29 is 18.7 Å². The number of methoxy groups -OCH3 is 1. The van der Waals surface area contributed by atoms with Crippen molar-refractivity contribution in [1.29, 1.82) is 5.26 Å². The molecule has 7 nitrogen and oxygen atoms in total. The molecular weight excluding hydrogens is 358 g/mol. The highest BCUT2D eigenvalue weighted by atomic mass is 16.5. The van der Waals surface area contributed by atoms with E-state index >= 15 is 0 Å². The van der Waals surface area contributed by atoms with Crippen molar-refractivity contribution in [2.24, 2.45) is 0 Å². The number of aromatic nitrogens is 1. The fourth-order valence-electron chi connectivity index (χ4n) is 2.61. The van der Waals surface area contributed by atoms with Gasteiger partial charge in [-0.1, -0.05) is 0 Å². The van der Waals surface area contributed by atoms with E-state index in [2.05, 4.69) is 10.3 Å². The minimum atomic E-state index is -0.0939. The molecule has 7 heteroatoms. The van der Waals surface area contributed by atoms with Crippen LogP contribution in [0.15, 0.2) is 52.9 Å². The van der Waals surface area contributed by atoms with Crippen molar-refractivity contribution in [3.63, 3.8) is 0 Å². The van der Waals surface area contributed by atoms with E-state index in [9.17, 15) is 10.1 Å². The van der Waals surface area contributed by atoms with Crippen LogP contribution < -0.4 is 14.8 Å². The van der Waals surface area contributed by atoms with Crippen LogP contribution in [-0.2, 0) is 4.79 Å². The highest BCUT2D eigenvalue weighted by molar-refractivity contribution is 5.77. The lowest BCUT2D eigenvalue weighted by Crippen LogP contribution is -2.25. The lowest BCUT2D eigenvalue weighted by atomic mass is 10.1. The van der Waals surface area contributed by atoms with Crippen molar-refractivity contribution in [3.05, 3.63) is 54.4 Å². The summed E-state index contributed by atoms with van der Waals surface area (Å²) >= 11 is 0. The molecule has 0 saturated carbocycles. The van der Waals surface area contributed by atoms with E-state index in [0.717, 1.165) is 16.9 Å². The molecule has 0 aliphatic rings. The highest BCUT2D eigenvalue weighted by Crippen LogP contribution is 2.34. The van der Waals surface area contributed by atoms with Gasteiger partial charge in [0.05, 0.1) is 13.7 Å². The summed E-state index contributed by atoms with van der Waals surface area (Å²) in [6.45, 7) is 2.27. The van der Waals surface area contributed by atoms with E-state index in [-0.39, 0.29) is 11.8 Å². The molecule has 0 unspecified atom stereocenters. The van der Waals surface area contributed by atoms with Gasteiger partial charge in [0.25, 0.3) is 0 Å². The molecule has 0 bridgehead atoms. The van der Waals surface area contributed by atoms with Crippen LogP contribution in [0.2, 0.25) is 0 Å². The fraction of sp³-hybridized carbons (Fsp3) is 0.190. The molecular formula is C21H19N3O4. The molecule has 3 aromatic rings. The number of hydrogen-bond acceptors (Lipinski definition) is 6. The number of oxazole rings is 1. The summed E-state index contributed by atoms with van der Waals surface area (Å²) in [5.74, 6) is 1.81. The molecule has 0 aliphatic heterocycles. The number of carbonyl (C=O) groups is 1. The molecule has 2 aromatic carbocycles. The summed E-state index contributed by atoms with van der Waals surface area (Å²) in [7, 11) is 1.60. The van der Waals surface area contributed by atoms with Gasteiger partial charge in [-0.2, -0.15) is 10.2 Å². The number of nitriles is 1. The average molecular weight is 377 g/mol. The molecule has 0 radical (unpaired) electrons. The zero-order valence-corrected chi connectivity index (χ0v) is 15.6. The highest BCUT2D eigenvalue weighted by Gasteiger charge is 2.17. The van der Waals surface area contributed by atoms with Crippen LogP contribution in [0.5, 0.6) is 11.5 Å². The Balaban J connectivity index is 1.81. The fourth-order valence-corrected chi connectivity index (χ4v) is 2.61. The van der Waals surface area contributed by atoms with Crippen molar-refractivity contribution in [1.82, 2.24) is 10.3 Å². The molecule has 0 aliphatic carbocycles. The average Bonchev–Trinajstić information content (AvgIpc) is 3.16. The van der Waals surface area contributed by atoms with Gasteiger partial charge in [-0.15, -0.1) is 0 Å². The maximum atomic E-state index is 10.9. The smallest absolute Gasteiger partial charge is 0.301 e. The van der Waals surface area contributed by atoms with Crippen molar-refractivity contribution >= 4 is 5.91 Å². The largest absolute Gasteiger partial charge is 0.497 e. The Hall–Kier alpha value is -3.79. The minimum Gasteiger partial charge on any atom is -0.497 e. The predicted molar refractivity (Wildman–Crippen MR) is 103 cm³/mol. The quantitative estimate of drug-likeness (QED) is 0.634. The molecule has 0 spiro atoms. The third-order valence-electron chi connectivity index (χ3n) is 3.95. The molecule has 1 aromatic heterocycles. The van der Waals surface area contributed by atoms with E-state index in [1.54, 1.807) is 19.2 Å². The third kappa shape index (κ3) is 4.48. The number of rotatable bonds is 7. The van der Waals surface area contributed by atoms with E-state index in [1.165, 1.54) is 6.92 Å². The topological polar surface area (TPSA) is 97.4 Å². The van der Waals surface area contributed by atoms with Crippen molar-refractivity contribution in [2.75, 3.05) is 20.3 Å². The number of carbonyl (C=O) groups excluding carboxylic acids is 1. The zero-order valence-electron chi connectivity index (χ0n) is 15.6. The predicted octanol–water partition coefficient (Wildman–Crippen LogP) is 3.40. The van der Waals surface area contributed by atoms with E-state index in [4.69, 9.17) is 13.9 Å². The Morgan fingerprint density at radius 1 is 1.11 bits per heavy atom. The molecule has 0 atom stereocenters. The van der Waals surface area contributed by atoms with Crippen LogP contribution in [0.3, 0.4) is 0 Å². The first-order valence-electron chi connectivity index (χ1n) is 8.63. The molecule has 0 saturated heterocycles. The number of nitrogens with zero attached hydrogens (tertiary/aromatic N) is 2. The van der Waals surface area contributed by atoms with Gasteiger partial charge >= 0.3 is 5.89 Å². The Morgan fingerprint density at radius 2 is 1.75 bits per heavy atom. The normalized spacial score (nSPS) is 10.2. The molecule has 28 heavy (non-hydrogen) atoms. The second kappa shape index (κ2) is 8.73. The summed E-state index contributed by atoms with van der Waals surface area (Å²) in [5, 5.41) is 11.8. The summed E-state index contributed by atoms with van der Waals surface area (Å²) in [6, 6.07) is 16.6. The van der Waals surface area contributed by atoms with Crippen LogP contribution >= 0.6 is 0 Å². The molecule has 1 N–H and O–H groups in total. The summed E-state index contributed by atoms with van der Waals surface area (Å²) < 4.78 is 16.4. The Morgan fingerprint density at radius 3 is 2.36 bits per heavy atom. The van der Waals surface area contributed by atoms with E-state index in [0.29, 0.717) is 30.4 Å². The van der Waals surface area contributed by atoms with Gasteiger partial charge in [-0.3, -0.25) is 4.79 Å². The number of benzene rings is 2. The van der Waals surface area contributed by atoms with Gasteiger partial charge in [0.15, 0.2) is 11.8 Å². The first kappa shape index (κ1) is 19.0. The van der Waals surface area contributed by atoms with Gasteiger partial charge in [0, 0.05) is 18.1 Å². The van der Waals surface area contributed by atoms with Crippen LogP contribution in [0.1, 0.15) is 12.8 Å². The summed E-state index contributed by atoms with van der Waals surface area (Å²) in [6.07, 6.45) is 0. The second-order valence-electron chi connectivity index (χ2n) is 5.89. The number of amides is 1. The lowest BCUT2D eigenvalue weighted by molar-refractivity contribution is -0.119. The maximum absolute atomic E-state index is 10.9. The van der Waals surface area contributed by atoms with E-state index < -0.39 is 0 Å². The first-order valence-corrected chi connectivity index (χ1v) is 8.63. The molecule has 1 amide bonds. The van der Waals surface area contributed by atoms with Crippen molar-refractivity contribution in [3.8, 4) is 40.1 Å². The number of hydrogen-bond donors (Lipinski definition) is 1. The monoisotopic (exact) mass is 377 g/mol. The Labute approximate surface area is 162 Å². The van der Waals surface area contributed by atoms with Crippen LogP contribution in [0.4, 0.5) is 0 Å². The summed E-state index contributed by atoms with van der Waals surface area (Å²) in [5.41, 5.74) is 2.17. The van der Waals surface area contributed by atoms with Gasteiger partial charge in [0.1, 0.15) is 23.8 Å². The molecule has 3 rings (SSSR count). The van der Waals surface area contributed by atoms with Gasteiger partial charge in [-0.05, 0) is 48.5 Å². The number of ether oxygens (including phenoxy) is 2. The zero-order chi connectivity index (χ0) is 19.9. The standard InChI is InChI=1S/C21H19N3O4/c1-14(25)23-11-12-27-18-9-5-16(6-10-18)21-20(24-19(13-22)28-21)15-3-7-17(26-2)8-4-15/h3-10H,11-12H2,1-2H3,(H,23,25). The summed E-state index contributed by atoms with van der Waals surface area (Å²) in [4.78, 5) is 15.1. The Bertz CT molecular complexity index is 986. The Kier molecular flexibility index (Phi) is 5.92. The van der Waals surface area contributed by atoms with E-state index in [1.807, 2.05) is 42.5 Å². The number of nitrogens with one attached hydrogen (secondary N) is 1. The minimum absolute atomic E-state index is 0.00329. The SMILES string of the molecule is COc1ccc(-c2nc(C#N)oc2-c2ccc(OCCNC(C)=O)cc2)cc1.